The molecule has 0 saturated carbocycles. The molecule has 1 amide bonds. The van der Waals surface area contributed by atoms with Crippen molar-refractivity contribution in [3.63, 3.8) is 0 Å². The molecule has 1 aliphatic rings. The molecule has 0 bridgehead atoms. The Morgan fingerprint density at radius 1 is 1.04 bits per heavy atom. The lowest BCUT2D eigenvalue weighted by molar-refractivity contribution is -0.117. The van der Waals surface area contributed by atoms with Gasteiger partial charge in [-0.15, -0.1) is 0 Å². The molecule has 0 spiro atoms. The van der Waals surface area contributed by atoms with E-state index in [2.05, 4.69) is 20.1 Å². The molecule has 1 N–H and O–H groups in total. The average molecular weight is 399 g/mol. The normalized spacial score (nSPS) is 15.8. The zero-order chi connectivity index (χ0) is 19.3. The number of benzene rings is 2. The number of para-hydroxylation sites is 1. The largest absolute Gasteiger partial charge is 0.301 e. The number of hydrogen-bond donors (Lipinski definition) is 1. The average Bonchev–Trinajstić information content (AvgIpc) is 3.11. The maximum Gasteiger partial charge on any atom is 0.240 e. The van der Waals surface area contributed by atoms with E-state index in [1.807, 2.05) is 48.5 Å². The summed E-state index contributed by atoms with van der Waals surface area (Å²) in [5.41, 5.74) is 2.77. The van der Waals surface area contributed by atoms with Crippen molar-refractivity contribution in [1.82, 2.24) is 14.8 Å². The van der Waals surface area contributed by atoms with E-state index in [9.17, 15) is 9.18 Å². The van der Waals surface area contributed by atoms with Crippen LogP contribution < -0.4 is 5.32 Å². The molecule has 2 aromatic carbocycles. The van der Waals surface area contributed by atoms with Crippen molar-refractivity contribution in [2.75, 3.05) is 38.0 Å². The predicted octanol–water partition coefficient (Wildman–Crippen LogP) is 3.52. The molecule has 1 aromatic heterocycles. The first-order chi connectivity index (χ1) is 13.7. The van der Waals surface area contributed by atoms with Crippen molar-refractivity contribution < 1.29 is 9.18 Å². The van der Waals surface area contributed by atoms with Crippen LogP contribution in [0.15, 0.2) is 48.5 Å². The third-order valence-corrected chi connectivity index (χ3v) is 5.88. The summed E-state index contributed by atoms with van der Waals surface area (Å²) in [4.78, 5) is 21.3. The van der Waals surface area contributed by atoms with Gasteiger partial charge in [0.15, 0.2) is 5.13 Å². The summed E-state index contributed by atoms with van der Waals surface area (Å²) in [6, 6.07) is 15.6. The summed E-state index contributed by atoms with van der Waals surface area (Å²) >= 11 is 1.50. The lowest BCUT2D eigenvalue weighted by Gasteiger charge is -2.34. The number of alkyl halides is 1. The molecule has 0 unspecified atom stereocenters. The number of amides is 1. The molecule has 146 valence electrons. The van der Waals surface area contributed by atoms with Gasteiger partial charge >= 0.3 is 0 Å². The maximum atomic E-state index is 12.8. The number of thiazole rings is 1. The maximum absolute atomic E-state index is 12.8. The van der Waals surface area contributed by atoms with Gasteiger partial charge in [0.2, 0.25) is 5.91 Å². The molecular formula is C21H23FN4OS. The Morgan fingerprint density at radius 2 is 1.79 bits per heavy atom. The number of rotatable bonds is 6. The van der Waals surface area contributed by atoms with Gasteiger partial charge in [-0.05, 0) is 23.3 Å². The van der Waals surface area contributed by atoms with E-state index >= 15 is 0 Å². The molecular weight excluding hydrogens is 375 g/mol. The highest BCUT2D eigenvalue weighted by atomic mass is 32.1. The Bertz CT molecular complexity index is 919. The van der Waals surface area contributed by atoms with Crippen LogP contribution in [-0.4, -0.2) is 53.4 Å². The number of carbonyl (C=O) groups is 1. The van der Waals surface area contributed by atoms with Crippen LogP contribution >= 0.6 is 11.3 Å². The van der Waals surface area contributed by atoms with Gasteiger partial charge in [-0.25, -0.2) is 9.37 Å². The van der Waals surface area contributed by atoms with Crippen LogP contribution in [0.4, 0.5) is 9.52 Å². The quantitative estimate of drug-likeness (QED) is 0.690. The fourth-order valence-electron chi connectivity index (χ4n) is 3.46. The minimum absolute atomic E-state index is 0.0249. The topological polar surface area (TPSA) is 48.5 Å². The monoisotopic (exact) mass is 398 g/mol. The number of nitrogens with one attached hydrogen (secondary N) is 1. The van der Waals surface area contributed by atoms with Crippen molar-refractivity contribution in [2.45, 2.75) is 13.2 Å². The number of halogens is 1. The Balaban J connectivity index is 1.25. The molecule has 1 saturated heterocycles. The standard InChI is InChI=1S/C21H23FN4OS/c22-13-16-4-3-5-17(12-16)14-25-8-10-26(11-9-25)15-20(27)24-21-23-18-6-1-2-7-19(18)28-21/h1-7,12H,8-11,13-15H2,(H,23,24,27). The molecule has 0 aliphatic carbocycles. The number of piperazine rings is 1. The summed E-state index contributed by atoms with van der Waals surface area (Å²) in [5, 5.41) is 3.57. The lowest BCUT2D eigenvalue weighted by atomic mass is 10.1. The van der Waals surface area contributed by atoms with Gasteiger partial charge in [-0.1, -0.05) is 47.7 Å². The SMILES string of the molecule is O=C(CN1CCN(Cc2cccc(CF)c2)CC1)Nc1nc2ccccc2s1. The molecule has 2 heterocycles. The molecule has 5 nitrogen and oxygen atoms in total. The Morgan fingerprint density at radius 3 is 2.57 bits per heavy atom. The minimum Gasteiger partial charge on any atom is -0.301 e. The molecule has 7 heteroatoms. The second kappa shape index (κ2) is 8.77. The van der Waals surface area contributed by atoms with Gasteiger partial charge < -0.3 is 5.32 Å². The van der Waals surface area contributed by atoms with Crippen molar-refractivity contribution in [2.24, 2.45) is 0 Å². The summed E-state index contributed by atoms with van der Waals surface area (Å²) in [7, 11) is 0. The van der Waals surface area contributed by atoms with Gasteiger partial charge in [-0.2, -0.15) is 0 Å². The molecule has 1 fully saturated rings. The van der Waals surface area contributed by atoms with Crippen molar-refractivity contribution in [3.8, 4) is 0 Å². The van der Waals surface area contributed by atoms with Crippen LogP contribution in [0.5, 0.6) is 0 Å². The number of hydrogen-bond acceptors (Lipinski definition) is 5. The lowest BCUT2D eigenvalue weighted by Crippen LogP contribution is -2.48. The van der Waals surface area contributed by atoms with E-state index in [0.29, 0.717) is 11.7 Å². The third kappa shape index (κ3) is 4.73. The minimum atomic E-state index is -0.425. The predicted molar refractivity (Wildman–Crippen MR) is 111 cm³/mol. The number of aromatic nitrogens is 1. The van der Waals surface area contributed by atoms with E-state index in [4.69, 9.17) is 0 Å². The van der Waals surface area contributed by atoms with Gasteiger partial charge in [0.05, 0.1) is 16.8 Å². The van der Waals surface area contributed by atoms with Crippen LogP contribution in [0.3, 0.4) is 0 Å². The molecule has 0 atom stereocenters. The highest BCUT2D eigenvalue weighted by Crippen LogP contribution is 2.25. The van der Waals surface area contributed by atoms with E-state index in [0.717, 1.165) is 54.1 Å². The second-order valence-electron chi connectivity index (χ2n) is 7.04. The highest BCUT2D eigenvalue weighted by Gasteiger charge is 2.19. The van der Waals surface area contributed by atoms with Gasteiger partial charge in [-0.3, -0.25) is 14.6 Å². The molecule has 0 radical (unpaired) electrons. The Labute approximate surface area is 167 Å². The highest BCUT2D eigenvalue weighted by molar-refractivity contribution is 7.22. The fourth-order valence-corrected chi connectivity index (χ4v) is 4.34. The van der Waals surface area contributed by atoms with E-state index in [1.165, 1.54) is 11.3 Å². The van der Waals surface area contributed by atoms with Crippen LogP contribution in [0.2, 0.25) is 0 Å². The van der Waals surface area contributed by atoms with Crippen LogP contribution in [0.25, 0.3) is 10.2 Å². The van der Waals surface area contributed by atoms with E-state index in [1.54, 1.807) is 0 Å². The zero-order valence-corrected chi connectivity index (χ0v) is 16.4. The first kappa shape index (κ1) is 19.0. The van der Waals surface area contributed by atoms with Crippen molar-refractivity contribution in [3.05, 3.63) is 59.7 Å². The molecule has 4 rings (SSSR count). The number of nitrogens with zero attached hydrogens (tertiary/aromatic N) is 3. The number of fused-ring (bicyclic) bond motifs is 1. The second-order valence-corrected chi connectivity index (χ2v) is 8.07. The van der Waals surface area contributed by atoms with Crippen molar-refractivity contribution in [1.29, 1.82) is 0 Å². The van der Waals surface area contributed by atoms with E-state index in [-0.39, 0.29) is 5.91 Å². The Hall–Kier alpha value is -2.35. The molecule has 28 heavy (non-hydrogen) atoms. The van der Waals surface area contributed by atoms with Gasteiger partial charge in [0, 0.05) is 32.7 Å². The fraction of sp³-hybridized carbons (Fsp3) is 0.333. The van der Waals surface area contributed by atoms with Crippen LogP contribution in [-0.2, 0) is 18.0 Å². The van der Waals surface area contributed by atoms with Crippen molar-refractivity contribution >= 4 is 32.6 Å². The van der Waals surface area contributed by atoms with Gasteiger partial charge in [0.25, 0.3) is 0 Å². The summed E-state index contributed by atoms with van der Waals surface area (Å²) < 4.78 is 13.9. The number of anilines is 1. The zero-order valence-electron chi connectivity index (χ0n) is 15.6. The number of carbonyl (C=O) groups excluding carboxylic acids is 1. The first-order valence-electron chi connectivity index (χ1n) is 9.43. The Kier molecular flexibility index (Phi) is 5.95. The summed E-state index contributed by atoms with van der Waals surface area (Å²) in [6.45, 7) is 4.25. The van der Waals surface area contributed by atoms with Crippen LogP contribution in [0.1, 0.15) is 11.1 Å². The third-order valence-electron chi connectivity index (χ3n) is 4.92. The van der Waals surface area contributed by atoms with E-state index < -0.39 is 6.67 Å². The first-order valence-corrected chi connectivity index (χ1v) is 10.3. The van der Waals surface area contributed by atoms with Gasteiger partial charge in [0.1, 0.15) is 6.67 Å². The molecule has 1 aliphatic heterocycles. The molecule has 3 aromatic rings. The summed E-state index contributed by atoms with van der Waals surface area (Å²) in [5.74, 6) is -0.0249. The van der Waals surface area contributed by atoms with Crippen LogP contribution in [0, 0.1) is 0 Å². The summed E-state index contributed by atoms with van der Waals surface area (Å²) in [6.07, 6.45) is 0. The smallest absolute Gasteiger partial charge is 0.240 e.